The van der Waals surface area contributed by atoms with Gasteiger partial charge in [-0.05, 0) is 25.0 Å². The zero-order valence-electron chi connectivity index (χ0n) is 15.1. The van der Waals surface area contributed by atoms with Gasteiger partial charge in [0.15, 0.2) is 0 Å². The summed E-state index contributed by atoms with van der Waals surface area (Å²) in [6.07, 6.45) is 5.91. The van der Waals surface area contributed by atoms with Crippen molar-refractivity contribution in [3.05, 3.63) is 54.6 Å². The topological polar surface area (TPSA) is 78.4 Å². The van der Waals surface area contributed by atoms with Crippen LogP contribution in [0.2, 0.25) is 0 Å². The molecule has 140 valence electrons. The van der Waals surface area contributed by atoms with E-state index in [1.165, 1.54) is 6.33 Å². The van der Waals surface area contributed by atoms with Gasteiger partial charge in [-0.1, -0.05) is 18.2 Å². The molecule has 2 aliphatic rings. The van der Waals surface area contributed by atoms with Crippen molar-refractivity contribution in [1.82, 2.24) is 20.2 Å². The molecule has 2 atom stereocenters. The average Bonchev–Trinajstić information content (AvgIpc) is 3.03. The summed E-state index contributed by atoms with van der Waals surface area (Å²) in [7, 11) is 0. The second-order valence-corrected chi connectivity index (χ2v) is 6.99. The lowest BCUT2D eigenvalue weighted by molar-refractivity contribution is -0.125. The van der Waals surface area contributed by atoms with Crippen molar-refractivity contribution in [2.75, 3.05) is 31.1 Å². The third-order valence-electron chi connectivity index (χ3n) is 5.44. The number of nitrogens with one attached hydrogen (secondary N) is 1. The Balaban J connectivity index is 1.57. The number of carbonyl (C=O) groups is 2. The van der Waals surface area contributed by atoms with Crippen molar-refractivity contribution >= 4 is 17.5 Å². The Morgan fingerprint density at radius 2 is 1.78 bits per heavy atom. The maximum Gasteiger partial charge on any atom is 0.256 e. The second kappa shape index (κ2) is 7.73. The minimum Gasteiger partial charge on any atom is -0.366 e. The summed E-state index contributed by atoms with van der Waals surface area (Å²) in [6, 6.07) is 10.3. The molecule has 2 fully saturated rings. The molecular formula is C20H23N5O2. The van der Waals surface area contributed by atoms with E-state index in [9.17, 15) is 9.59 Å². The fourth-order valence-corrected chi connectivity index (χ4v) is 4.10. The van der Waals surface area contributed by atoms with Crippen molar-refractivity contribution in [3.8, 4) is 0 Å². The molecule has 0 aliphatic carbocycles. The van der Waals surface area contributed by atoms with E-state index in [1.54, 1.807) is 12.4 Å². The number of amides is 2. The Hall–Kier alpha value is -2.96. The highest BCUT2D eigenvalue weighted by molar-refractivity contribution is 5.93. The van der Waals surface area contributed by atoms with Crippen molar-refractivity contribution in [1.29, 1.82) is 0 Å². The Kier molecular flexibility index (Phi) is 5.00. The van der Waals surface area contributed by atoms with Crippen molar-refractivity contribution < 1.29 is 9.59 Å². The molecule has 1 aromatic heterocycles. The fraction of sp³-hybridized carbons (Fsp3) is 0.400. The van der Waals surface area contributed by atoms with Crippen LogP contribution in [0.4, 0.5) is 5.69 Å². The standard InChI is InChI=1S/C20H23N5O2/c26-19-17-6-9-24(20(27)15-12-21-14-22-13-15)10-7-18(17)25(11-8-23-19)16-4-2-1-3-5-16/h1-5,12-14,17-18H,6-11H2,(H,23,26)/t17-,18+/m1/s1. The molecule has 3 heterocycles. The third kappa shape index (κ3) is 3.63. The average molecular weight is 365 g/mol. The van der Waals surface area contributed by atoms with Crippen LogP contribution in [0.1, 0.15) is 23.2 Å². The van der Waals surface area contributed by atoms with Gasteiger partial charge in [-0.2, -0.15) is 0 Å². The van der Waals surface area contributed by atoms with E-state index >= 15 is 0 Å². The molecule has 7 heteroatoms. The third-order valence-corrected chi connectivity index (χ3v) is 5.44. The summed E-state index contributed by atoms with van der Waals surface area (Å²) in [5.41, 5.74) is 1.61. The number of likely N-dealkylation sites (tertiary alicyclic amines) is 1. The van der Waals surface area contributed by atoms with E-state index in [-0.39, 0.29) is 23.8 Å². The first-order valence-corrected chi connectivity index (χ1v) is 9.38. The largest absolute Gasteiger partial charge is 0.366 e. The van der Waals surface area contributed by atoms with Crippen molar-refractivity contribution in [2.45, 2.75) is 18.9 Å². The summed E-state index contributed by atoms with van der Waals surface area (Å²) in [4.78, 5) is 37.5. The van der Waals surface area contributed by atoms with Crippen LogP contribution in [0.15, 0.2) is 49.1 Å². The lowest BCUT2D eigenvalue weighted by atomic mass is 9.92. The fourth-order valence-electron chi connectivity index (χ4n) is 4.10. The number of benzene rings is 1. The number of aromatic nitrogens is 2. The molecule has 1 N–H and O–H groups in total. The normalized spacial score (nSPS) is 23.0. The lowest BCUT2D eigenvalue weighted by Crippen LogP contribution is -2.43. The number of rotatable bonds is 2. The van der Waals surface area contributed by atoms with Crippen molar-refractivity contribution in [2.24, 2.45) is 5.92 Å². The van der Waals surface area contributed by atoms with Gasteiger partial charge in [0.05, 0.1) is 11.5 Å². The first-order valence-electron chi connectivity index (χ1n) is 9.38. The molecule has 0 unspecified atom stereocenters. The zero-order chi connectivity index (χ0) is 18.6. The minimum atomic E-state index is -0.127. The van der Waals surface area contributed by atoms with Gasteiger partial charge in [0.2, 0.25) is 5.91 Å². The Morgan fingerprint density at radius 3 is 2.56 bits per heavy atom. The van der Waals surface area contributed by atoms with Crippen molar-refractivity contribution in [3.63, 3.8) is 0 Å². The van der Waals surface area contributed by atoms with Gasteiger partial charge in [0, 0.05) is 50.3 Å². The van der Waals surface area contributed by atoms with E-state index in [0.29, 0.717) is 31.6 Å². The number of hydrogen-bond acceptors (Lipinski definition) is 5. The van der Waals surface area contributed by atoms with E-state index < -0.39 is 0 Å². The summed E-state index contributed by atoms with van der Waals surface area (Å²) in [5, 5.41) is 3.04. The molecule has 0 radical (unpaired) electrons. The van der Waals surface area contributed by atoms with Gasteiger partial charge in [0.1, 0.15) is 6.33 Å². The number of anilines is 1. The Bertz CT molecular complexity index is 799. The summed E-state index contributed by atoms with van der Waals surface area (Å²) in [6.45, 7) is 2.60. The number of nitrogens with zero attached hydrogens (tertiary/aromatic N) is 4. The number of hydrogen-bond donors (Lipinski definition) is 1. The minimum absolute atomic E-state index is 0.0706. The molecule has 4 rings (SSSR count). The molecule has 27 heavy (non-hydrogen) atoms. The number of fused-ring (bicyclic) bond motifs is 1. The van der Waals surface area contributed by atoms with Gasteiger partial charge in [-0.25, -0.2) is 9.97 Å². The van der Waals surface area contributed by atoms with Crippen LogP contribution in [0.25, 0.3) is 0 Å². The van der Waals surface area contributed by atoms with Crippen LogP contribution in [0.3, 0.4) is 0 Å². The summed E-state index contributed by atoms with van der Waals surface area (Å²) >= 11 is 0. The van der Waals surface area contributed by atoms with Crippen LogP contribution >= 0.6 is 0 Å². The molecule has 0 bridgehead atoms. The zero-order valence-corrected chi connectivity index (χ0v) is 15.1. The van der Waals surface area contributed by atoms with Gasteiger partial charge in [-0.3, -0.25) is 9.59 Å². The number of para-hydroxylation sites is 1. The van der Waals surface area contributed by atoms with Gasteiger partial charge >= 0.3 is 0 Å². The summed E-state index contributed by atoms with van der Waals surface area (Å²) < 4.78 is 0. The maximum atomic E-state index is 12.8. The molecule has 1 aromatic carbocycles. The molecular weight excluding hydrogens is 342 g/mol. The molecule has 7 nitrogen and oxygen atoms in total. The smallest absolute Gasteiger partial charge is 0.256 e. The van der Waals surface area contributed by atoms with Crippen LogP contribution in [-0.4, -0.2) is 58.9 Å². The van der Waals surface area contributed by atoms with E-state index in [0.717, 1.165) is 18.7 Å². The lowest BCUT2D eigenvalue weighted by Gasteiger charge is -2.34. The highest BCUT2D eigenvalue weighted by atomic mass is 16.2. The molecule has 2 amide bonds. The monoisotopic (exact) mass is 365 g/mol. The molecule has 2 aliphatic heterocycles. The van der Waals surface area contributed by atoms with Gasteiger partial charge < -0.3 is 15.1 Å². The highest BCUT2D eigenvalue weighted by Gasteiger charge is 2.38. The first-order chi connectivity index (χ1) is 13.2. The van der Waals surface area contributed by atoms with E-state index in [2.05, 4.69) is 32.3 Å². The first kappa shape index (κ1) is 17.5. The summed E-state index contributed by atoms with van der Waals surface area (Å²) in [5.74, 6) is -0.105. The van der Waals surface area contributed by atoms with Crippen LogP contribution < -0.4 is 10.2 Å². The van der Waals surface area contributed by atoms with E-state index in [1.807, 2.05) is 23.1 Å². The van der Waals surface area contributed by atoms with Crippen LogP contribution in [0.5, 0.6) is 0 Å². The molecule has 0 spiro atoms. The van der Waals surface area contributed by atoms with Crippen LogP contribution in [0, 0.1) is 5.92 Å². The Labute approximate surface area is 158 Å². The quantitative estimate of drug-likeness (QED) is 0.869. The Morgan fingerprint density at radius 1 is 1.04 bits per heavy atom. The predicted molar refractivity (Wildman–Crippen MR) is 101 cm³/mol. The number of carbonyl (C=O) groups excluding carboxylic acids is 2. The molecule has 0 saturated carbocycles. The maximum absolute atomic E-state index is 12.8. The molecule has 2 aromatic rings. The van der Waals surface area contributed by atoms with Gasteiger partial charge in [-0.15, -0.1) is 0 Å². The SMILES string of the molecule is O=C1NCCN(c2ccccc2)[C@H]2CCN(C(=O)c3cncnc3)CC[C@@H]12. The molecule has 2 saturated heterocycles. The highest BCUT2D eigenvalue weighted by Crippen LogP contribution is 2.29. The predicted octanol–water partition coefficient (Wildman–Crippen LogP) is 1.33. The van der Waals surface area contributed by atoms with Crippen LogP contribution in [-0.2, 0) is 4.79 Å². The van der Waals surface area contributed by atoms with E-state index in [4.69, 9.17) is 0 Å². The second-order valence-electron chi connectivity index (χ2n) is 6.99. The van der Waals surface area contributed by atoms with Gasteiger partial charge in [0.25, 0.3) is 5.91 Å².